The molecule has 9 heteroatoms. The molecule has 7 nitrogen and oxygen atoms in total. The Hall–Kier alpha value is -2.00. The molecule has 0 saturated carbocycles. The number of benzene rings is 1. The molecule has 0 radical (unpaired) electrons. The van der Waals surface area contributed by atoms with Crippen LogP contribution in [0.3, 0.4) is 0 Å². The first-order valence-electron chi connectivity index (χ1n) is 7.31. The van der Waals surface area contributed by atoms with E-state index in [-0.39, 0.29) is 21.9 Å². The Morgan fingerprint density at radius 3 is 2.79 bits per heavy atom. The molecule has 128 valence electrons. The van der Waals surface area contributed by atoms with Crippen molar-refractivity contribution < 1.29 is 17.7 Å². The lowest BCUT2D eigenvalue weighted by atomic mass is 10.2. The Labute approximate surface area is 144 Å². The number of rotatable bonds is 3. The van der Waals surface area contributed by atoms with Crippen LogP contribution in [0.2, 0.25) is 0 Å². The maximum absolute atomic E-state index is 12.5. The highest BCUT2D eigenvalue weighted by Crippen LogP contribution is 2.39. The molecule has 1 atom stereocenters. The summed E-state index contributed by atoms with van der Waals surface area (Å²) in [5.41, 5.74) is 0.616. The average molecular weight is 367 g/mol. The molecule has 24 heavy (non-hydrogen) atoms. The summed E-state index contributed by atoms with van der Waals surface area (Å²) in [5.74, 6) is 0.515. The van der Waals surface area contributed by atoms with Crippen molar-refractivity contribution in [1.82, 2.24) is 5.16 Å². The summed E-state index contributed by atoms with van der Waals surface area (Å²) < 4.78 is 32.3. The molecule has 0 saturated heterocycles. The van der Waals surface area contributed by atoms with Crippen molar-refractivity contribution in [2.75, 3.05) is 16.2 Å². The summed E-state index contributed by atoms with van der Waals surface area (Å²) in [6.45, 7) is 5.73. The quantitative estimate of drug-likeness (QED) is 0.896. The van der Waals surface area contributed by atoms with Crippen molar-refractivity contribution in [1.29, 1.82) is 0 Å². The third-order valence-electron chi connectivity index (χ3n) is 3.55. The van der Waals surface area contributed by atoms with Crippen LogP contribution in [0.4, 0.5) is 11.5 Å². The van der Waals surface area contributed by atoms with Gasteiger partial charge in [-0.1, -0.05) is 12.1 Å². The summed E-state index contributed by atoms with van der Waals surface area (Å²) in [5, 5.41) is 3.88. The van der Waals surface area contributed by atoms with Gasteiger partial charge in [0, 0.05) is 29.7 Å². The van der Waals surface area contributed by atoms with Gasteiger partial charge in [0.2, 0.25) is 5.91 Å². The second kappa shape index (κ2) is 6.14. The van der Waals surface area contributed by atoms with Crippen LogP contribution in [0.25, 0.3) is 0 Å². The maximum Gasteiger partial charge on any atom is 0.263 e. The van der Waals surface area contributed by atoms with Crippen molar-refractivity contribution >= 4 is 39.2 Å². The molecule has 3 rings (SSSR count). The highest BCUT2D eigenvalue weighted by Gasteiger charge is 2.27. The predicted molar refractivity (Wildman–Crippen MR) is 91.8 cm³/mol. The third kappa shape index (κ3) is 3.27. The summed E-state index contributed by atoms with van der Waals surface area (Å²) in [7, 11) is -3.82. The number of aromatic nitrogens is 1. The van der Waals surface area contributed by atoms with Gasteiger partial charge in [-0.25, -0.2) is 8.42 Å². The first-order valence-corrected chi connectivity index (χ1v) is 9.67. The molecule has 1 N–H and O–H groups in total. The van der Waals surface area contributed by atoms with Gasteiger partial charge >= 0.3 is 0 Å². The van der Waals surface area contributed by atoms with E-state index in [1.165, 1.54) is 25.1 Å². The summed E-state index contributed by atoms with van der Waals surface area (Å²) >= 11 is 1.62. The lowest BCUT2D eigenvalue weighted by Crippen LogP contribution is -2.37. The molecule has 0 fully saturated rings. The molecule has 1 aromatic carbocycles. The fourth-order valence-corrected chi connectivity index (χ4v) is 4.59. The number of carbonyl (C=O) groups is 1. The Morgan fingerprint density at radius 1 is 1.42 bits per heavy atom. The fraction of sp³-hybridized carbons (Fsp3) is 0.333. The molecule has 1 aliphatic heterocycles. The van der Waals surface area contributed by atoms with E-state index in [4.69, 9.17) is 4.52 Å². The fourth-order valence-electron chi connectivity index (χ4n) is 2.49. The second-order valence-electron chi connectivity index (χ2n) is 5.62. The zero-order chi connectivity index (χ0) is 17.5. The van der Waals surface area contributed by atoms with E-state index in [0.29, 0.717) is 18.0 Å². The summed E-state index contributed by atoms with van der Waals surface area (Å²) in [6, 6.07) is 6.27. The minimum Gasteiger partial charge on any atom is -0.360 e. The third-order valence-corrected chi connectivity index (χ3v) is 6.05. The number of fused-ring (bicyclic) bond motifs is 1. The lowest BCUT2D eigenvalue weighted by Gasteiger charge is -2.32. The summed E-state index contributed by atoms with van der Waals surface area (Å²) in [6.07, 6.45) is 0. The van der Waals surface area contributed by atoms with Crippen LogP contribution in [0.15, 0.2) is 38.6 Å². The first-order chi connectivity index (χ1) is 11.3. The van der Waals surface area contributed by atoms with Crippen LogP contribution in [0, 0.1) is 6.92 Å². The van der Waals surface area contributed by atoms with Crippen LogP contribution in [-0.2, 0) is 14.8 Å². The van der Waals surface area contributed by atoms with Gasteiger partial charge in [0.1, 0.15) is 5.76 Å². The van der Waals surface area contributed by atoms with Crippen molar-refractivity contribution in [2.24, 2.45) is 0 Å². The Bertz CT molecular complexity index is 892. The smallest absolute Gasteiger partial charge is 0.263 e. The van der Waals surface area contributed by atoms with E-state index in [2.05, 4.69) is 9.88 Å². The topological polar surface area (TPSA) is 92.5 Å². The molecule has 2 aromatic rings. The lowest BCUT2D eigenvalue weighted by molar-refractivity contribution is -0.116. The molecule has 2 heterocycles. The molecule has 1 aliphatic rings. The van der Waals surface area contributed by atoms with Crippen molar-refractivity contribution in [2.45, 2.75) is 35.8 Å². The number of anilines is 2. The van der Waals surface area contributed by atoms with Gasteiger partial charge in [-0.05, 0) is 25.1 Å². The SMILES string of the molecule is CC(=O)N1C[C@H](C)Sc2ccc(S(=O)(=O)Nc3cc(C)on3)cc21. The standard InChI is InChI=1S/C15H17N3O4S2/c1-9-6-15(16-22-9)17-24(20,21)12-4-5-14-13(7-12)18(11(3)19)8-10(2)23-14/h4-7,10H,8H2,1-3H3,(H,16,17)/t10-/m0/s1. The minimum absolute atomic E-state index is 0.0725. The number of carbonyl (C=O) groups excluding carboxylic acids is 1. The Morgan fingerprint density at radius 2 is 2.17 bits per heavy atom. The van der Waals surface area contributed by atoms with Gasteiger partial charge in [0.05, 0.1) is 10.6 Å². The van der Waals surface area contributed by atoms with E-state index >= 15 is 0 Å². The largest absolute Gasteiger partial charge is 0.360 e. The van der Waals surface area contributed by atoms with Crippen LogP contribution < -0.4 is 9.62 Å². The van der Waals surface area contributed by atoms with E-state index in [0.717, 1.165) is 4.90 Å². The zero-order valence-corrected chi connectivity index (χ0v) is 15.1. The number of sulfonamides is 1. The normalized spacial score (nSPS) is 17.5. The number of thioether (sulfide) groups is 1. The molecule has 0 bridgehead atoms. The number of hydrogen-bond donors (Lipinski definition) is 1. The van der Waals surface area contributed by atoms with Crippen molar-refractivity contribution in [3.05, 3.63) is 30.0 Å². The minimum atomic E-state index is -3.82. The molecular formula is C15H17N3O4S2. The van der Waals surface area contributed by atoms with E-state index in [9.17, 15) is 13.2 Å². The van der Waals surface area contributed by atoms with Crippen LogP contribution in [0.5, 0.6) is 0 Å². The average Bonchev–Trinajstić information content (AvgIpc) is 2.90. The van der Waals surface area contributed by atoms with E-state index < -0.39 is 10.0 Å². The van der Waals surface area contributed by atoms with E-state index in [1.807, 2.05) is 6.92 Å². The number of hydrogen-bond acceptors (Lipinski definition) is 6. The second-order valence-corrected chi connectivity index (χ2v) is 8.78. The zero-order valence-electron chi connectivity index (χ0n) is 13.4. The van der Waals surface area contributed by atoms with Gasteiger partial charge in [0.25, 0.3) is 10.0 Å². The molecule has 0 aliphatic carbocycles. The molecule has 1 amide bonds. The highest BCUT2D eigenvalue weighted by atomic mass is 32.2. The monoisotopic (exact) mass is 367 g/mol. The predicted octanol–water partition coefficient (Wildman–Crippen LogP) is 2.63. The Balaban J connectivity index is 1.98. The summed E-state index contributed by atoms with van der Waals surface area (Å²) in [4.78, 5) is 14.5. The van der Waals surface area contributed by atoms with E-state index in [1.54, 1.807) is 29.7 Å². The molecule has 1 aromatic heterocycles. The number of aryl methyl sites for hydroxylation is 1. The van der Waals surface area contributed by atoms with Crippen molar-refractivity contribution in [3.8, 4) is 0 Å². The van der Waals surface area contributed by atoms with Gasteiger partial charge in [0.15, 0.2) is 5.82 Å². The number of nitrogens with one attached hydrogen (secondary N) is 1. The maximum atomic E-state index is 12.5. The molecule has 0 spiro atoms. The van der Waals surface area contributed by atoms with Gasteiger partial charge in [-0.15, -0.1) is 11.8 Å². The first kappa shape index (κ1) is 16.8. The molecule has 0 unspecified atom stereocenters. The highest BCUT2D eigenvalue weighted by molar-refractivity contribution is 8.00. The van der Waals surface area contributed by atoms with Crippen LogP contribution >= 0.6 is 11.8 Å². The number of amides is 1. The van der Waals surface area contributed by atoms with Gasteiger partial charge < -0.3 is 9.42 Å². The number of nitrogens with zero attached hydrogens (tertiary/aromatic N) is 2. The van der Waals surface area contributed by atoms with Crippen molar-refractivity contribution in [3.63, 3.8) is 0 Å². The van der Waals surface area contributed by atoms with Gasteiger partial charge in [-0.3, -0.25) is 9.52 Å². The van der Waals surface area contributed by atoms with Crippen LogP contribution in [-0.4, -0.2) is 31.3 Å². The van der Waals surface area contributed by atoms with Crippen LogP contribution in [0.1, 0.15) is 19.6 Å². The van der Waals surface area contributed by atoms with Gasteiger partial charge in [-0.2, -0.15) is 0 Å². The Kier molecular flexibility index (Phi) is 4.31. The molecular weight excluding hydrogens is 350 g/mol.